The van der Waals surface area contributed by atoms with Crippen LogP contribution >= 0.6 is 0 Å². The van der Waals surface area contributed by atoms with E-state index in [9.17, 15) is 9.59 Å². The van der Waals surface area contributed by atoms with Gasteiger partial charge in [0.1, 0.15) is 18.9 Å². The molecule has 0 atom stereocenters. The van der Waals surface area contributed by atoms with Crippen LogP contribution in [0.4, 0.5) is 4.79 Å². The van der Waals surface area contributed by atoms with E-state index in [-0.39, 0.29) is 31.3 Å². The second-order valence-electron chi connectivity index (χ2n) is 4.26. The number of ketones is 1. The summed E-state index contributed by atoms with van der Waals surface area (Å²) in [4.78, 5) is 28.1. The monoisotopic (exact) mass is 308 g/mol. The highest BCUT2D eigenvalue weighted by molar-refractivity contribution is 6.45. The molecule has 0 bridgehead atoms. The number of oxime groups is 1. The zero-order valence-corrected chi connectivity index (χ0v) is 12.7. The summed E-state index contributed by atoms with van der Waals surface area (Å²) >= 11 is 0. The van der Waals surface area contributed by atoms with Gasteiger partial charge < -0.3 is 19.6 Å². The van der Waals surface area contributed by atoms with Crippen molar-refractivity contribution >= 4 is 17.6 Å². The molecule has 1 N–H and O–H groups in total. The third kappa shape index (κ3) is 6.85. The predicted molar refractivity (Wildman–Crippen MR) is 81.1 cm³/mol. The van der Waals surface area contributed by atoms with Gasteiger partial charge in [0.25, 0.3) is 0 Å². The molecule has 0 saturated carbocycles. The summed E-state index contributed by atoms with van der Waals surface area (Å²) in [5.41, 5.74) is 0.793. The first-order valence-electron chi connectivity index (χ1n) is 6.81. The molecule has 0 radical (unpaired) electrons. The van der Waals surface area contributed by atoms with Crippen molar-refractivity contribution in [1.29, 1.82) is 0 Å². The van der Waals surface area contributed by atoms with E-state index in [1.54, 1.807) is 31.2 Å². The average molecular weight is 308 g/mol. The summed E-state index contributed by atoms with van der Waals surface area (Å²) in [5.74, 6) is -0.201. The smallest absolute Gasteiger partial charge is 0.407 e. The number of amides is 1. The molecule has 0 spiro atoms. The van der Waals surface area contributed by atoms with E-state index in [2.05, 4.69) is 10.5 Å². The van der Waals surface area contributed by atoms with Gasteiger partial charge in [-0.25, -0.2) is 4.79 Å². The maximum atomic E-state index is 12.0. The van der Waals surface area contributed by atoms with Crippen LogP contribution in [0.2, 0.25) is 0 Å². The van der Waals surface area contributed by atoms with E-state index < -0.39 is 6.09 Å². The normalized spacial score (nSPS) is 10.9. The lowest BCUT2D eigenvalue weighted by molar-refractivity contribution is 0.0934. The van der Waals surface area contributed by atoms with Crippen LogP contribution < -0.4 is 5.32 Å². The van der Waals surface area contributed by atoms with Crippen molar-refractivity contribution in [1.82, 2.24) is 5.32 Å². The minimum absolute atomic E-state index is 0.138. The van der Waals surface area contributed by atoms with E-state index in [0.717, 1.165) is 0 Å². The van der Waals surface area contributed by atoms with E-state index in [4.69, 9.17) is 14.3 Å². The Bertz CT molecular complexity index is 502. The molecule has 1 amide bonds. The van der Waals surface area contributed by atoms with Crippen molar-refractivity contribution in [2.24, 2.45) is 5.16 Å². The number of carbonyl (C=O) groups is 2. The molecule has 1 rings (SSSR count). The Balaban J connectivity index is 2.22. The highest BCUT2D eigenvalue weighted by atomic mass is 16.6. The van der Waals surface area contributed by atoms with Gasteiger partial charge in [-0.1, -0.05) is 35.5 Å². The van der Waals surface area contributed by atoms with Crippen LogP contribution in [0.25, 0.3) is 0 Å². The molecule has 0 aromatic heterocycles. The van der Waals surface area contributed by atoms with E-state index in [1.165, 1.54) is 7.11 Å². The molecule has 0 aliphatic carbocycles. The van der Waals surface area contributed by atoms with Gasteiger partial charge in [-0.15, -0.1) is 0 Å². The van der Waals surface area contributed by atoms with E-state index in [0.29, 0.717) is 12.2 Å². The number of rotatable bonds is 9. The number of Topliss-reactive ketones (excluding diaryl/α,β-unsaturated/α-hetero) is 1. The Morgan fingerprint density at radius 3 is 2.55 bits per heavy atom. The summed E-state index contributed by atoms with van der Waals surface area (Å²) in [7, 11) is 1.52. The summed E-state index contributed by atoms with van der Waals surface area (Å²) in [5, 5.41) is 6.21. The minimum atomic E-state index is -0.554. The first-order valence-corrected chi connectivity index (χ1v) is 6.81. The number of alkyl carbamates (subject to hydrolysis) is 1. The Labute approximate surface area is 129 Å². The third-order valence-corrected chi connectivity index (χ3v) is 2.55. The predicted octanol–water partition coefficient (Wildman–Crippen LogP) is 1.63. The lowest BCUT2D eigenvalue weighted by atomic mass is 10.1. The molecule has 0 aliphatic rings. The van der Waals surface area contributed by atoms with Crippen molar-refractivity contribution in [2.75, 3.05) is 33.5 Å². The van der Waals surface area contributed by atoms with Gasteiger partial charge in [0.2, 0.25) is 5.78 Å². The number of methoxy groups -OCH3 is 1. The SMILES string of the molecule is COCCOC(=O)NCCO/N=C(\C)C(=O)c1ccccc1. The third-order valence-electron chi connectivity index (χ3n) is 2.55. The van der Waals surface area contributed by atoms with Gasteiger partial charge in [0.05, 0.1) is 13.2 Å². The Hall–Kier alpha value is -2.41. The van der Waals surface area contributed by atoms with Gasteiger partial charge in [0, 0.05) is 12.7 Å². The summed E-state index contributed by atoms with van der Waals surface area (Å²) in [6.45, 7) is 2.46. The molecule has 0 unspecified atom stereocenters. The van der Waals surface area contributed by atoms with Gasteiger partial charge in [-0.05, 0) is 6.92 Å². The molecule has 1 aromatic carbocycles. The molecule has 0 aliphatic heterocycles. The molecular weight excluding hydrogens is 288 g/mol. The zero-order chi connectivity index (χ0) is 16.2. The first-order chi connectivity index (χ1) is 10.6. The van der Waals surface area contributed by atoms with Crippen molar-refractivity contribution < 1.29 is 23.9 Å². The average Bonchev–Trinajstić information content (AvgIpc) is 2.54. The molecule has 0 fully saturated rings. The van der Waals surface area contributed by atoms with Gasteiger partial charge >= 0.3 is 6.09 Å². The fourth-order valence-electron chi connectivity index (χ4n) is 1.45. The topological polar surface area (TPSA) is 86.2 Å². The number of nitrogens with zero attached hydrogens (tertiary/aromatic N) is 1. The number of ether oxygens (including phenoxy) is 2. The van der Waals surface area contributed by atoms with Gasteiger partial charge in [-0.3, -0.25) is 4.79 Å². The number of nitrogens with one attached hydrogen (secondary N) is 1. The standard InChI is InChI=1S/C15H20N2O5/c1-12(14(18)13-6-4-3-5-7-13)17-22-9-8-16-15(19)21-11-10-20-2/h3-7H,8-11H2,1-2H3,(H,16,19)/b17-12+. The van der Waals surface area contributed by atoms with Crippen LogP contribution in [0.15, 0.2) is 35.5 Å². The van der Waals surface area contributed by atoms with Crippen LogP contribution in [0.1, 0.15) is 17.3 Å². The Morgan fingerprint density at radius 1 is 1.14 bits per heavy atom. The zero-order valence-electron chi connectivity index (χ0n) is 12.7. The van der Waals surface area contributed by atoms with Gasteiger partial charge in [-0.2, -0.15) is 0 Å². The molecule has 22 heavy (non-hydrogen) atoms. The number of hydrogen-bond acceptors (Lipinski definition) is 6. The molecule has 7 nitrogen and oxygen atoms in total. The van der Waals surface area contributed by atoms with Crippen LogP contribution in [0, 0.1) is 0 Å². The van der Waals surface area contributed by atoms with Crippen LogP contribution in [0.3, 0.4) is 0 Å². The fraction of sp³-hybridized carbons (Fsp3) is 0.400. The maximum absolute atomic E-state index is 12.0. The highest BCUT2D eigenvalue weighted by Gasteiger charge is 2.09. The number of carbonyl (C=O) groups excluding carboxylic acids is 2. The van der Waals surface area contributed by atoms with Crippen LogP contribution in [-0.2, 0) is 14.3 Å². The summed E-state index contributed by atoms with van der Waals surface area (Å²) in [6, 6.07) is 8.80. The fourth-order valence-corrected chi connectivity index (χ4v) is 1.45. The Morgan fingerprint density at radius 2 is 1.86 bits per heavy atom. The largest absolute Gasteiger partial charge is 0.447 e. The van der Waals surface area contributed by atoms with E-state index >= 15 is 0 Å². The van der Waals surface area contributed by atoms with E-state index in [1.807, 2.05) is 6.07 Å². The lowest BCUT2D eigenvalue weighted by Crippen LogP contribution is -2.28. The van der Waals surface area contributed by atoms with Crippen molar-refractivity contribution in [2.45, 2.75) is 6.92 Å². The number of benzene rings is 1. The molecule has 1 aromatic rings. The molecular formula is C15H20N2O5. The van der Waals surface area contributed by atoms with Crippen molar-refractivity contribution in [3.8, 4) is 0 Å². The summed E-state index contributed by atoms with van der Waals surface area (Å²) < 4.78 is 9.53. The second kappa shape index (κ2) is 10.3. The first kappa shape index (κ1) is 17.6. The minimum Gasteiger partial charge on any atom is -0.447 e. The van der Waals surface area contributed by atoms with Crippen LogP contribution in [-0.4, -0.2) is 51.1 Å². The molecule has 0 heterocycles. The van der Waals surface area contributed by atoms with Crippen molar-refractivity contribution in [3.05, 3.63) is 35.9 Å². The second-order valence-corrected chi connectivity index (χ2v) is 4.26. The van der Waals surface area contributed by atoms with Crippen LogP contribution in [0.5, 0.6) is 0 Å². The van der Waals surface area contributed by atoms with Crippen molar-refractivity contribution in [3.63, 3.8) is 0 Å². The lowest BCUT2D eigenvalue weighted by Gasteiger charge is -2.06. The molecule has 7 heteroatoms. The van der Waals surface area contributed by atoms with Gasteiger partial charge in [0.15, 0.2) is 0 Å². The molecule has 120 valence electrons. The summed E-state index contributed by atoms with van der Waals surface area (Å²) in [6.07, 6.45) is -0.554. The quantitative estimate of drug-likeness (QED) is 0.324. The Kier molecular flexibility index (Phi) is 8.29. The molecule has 0 saturated heterocycles. The number of hydrogen-bond donors (Lipinski definition) is 1. The maximum Gasteiger partial charge on any atom is 0.407 e. The highest BCUT2D eigenvalue weighted by Crippen LogP contribution is 2.01.